The van der Waals surface area contributed by atoms with Gasteiger partial charge in [-0.1, -0.05) is 33.6 Å². The molecule has 0 aliphatic rings. The van der Waals surface area contributed by atoms with Crippen LogP contribution in [0.25, 0.3) is 0 Å². The fourth-order valence-electron chi connectivity index (χ4n) is 1.44. The fourth-order valence-corrected chi connectivity index (χ4v) is 4.32. The second-order valence-electron chi connectivity index (χ2n) is 4.19. The van der Waals surface area contributed by atoms with Gasteiger partial charge in [0, 0.05) is 5.25 Å². The minimum atomic E-state index is 0.202. The summed E-state index contributed by atoms with van der Waals surface area (Å²) in [6.07, 6.45) is 4.95. The standard InChI is InChI=1S/C13H26OS2/c1-5-7-9-15-12(4)13(11(3)14)16-10-8-6-2/h12-13H,5-10H2,1-4H3. The van der Waals surface area contributed by atoms with Gasteiger partial charge in [0.2, 0.25) is 0 Å². The maximum absolute atomic E-state index is 11.6. The van der Waals surface area contributed by atoms with Gasteiger partial charge in [0.1, 0.15) is 5.78 Å². The second-order valence-corrected chi connectivity index (χ2v) is 6.92. The van der Waals surface area contributed by atoms with Gasteiger partial charge in [0.05, 0.1) is 5.25 Å². The van der Waals surface area contributed by atoms with E-state index >= 15 is 0 Å². The molecule has 3 heteroatoms. The Labute approximate surface area is 110 Å². The van der Waals surface area contributed by atoms with E-state index in [9.17, 15) is 4.79 Å². The molecule has 0 aliphatic heterocycles. The summed E-state index contributed by atoms with van der Waals surface area (Å²) in [7, 11) is 0. The Bertz CT molecular complexity index is 183. The average molecular weight is 262 g/mol. The first-order chi connectivity index (χ1) is 7.63. The lowest BCUT2D eigenvalue weighted by atomic mass is 10.2. The van der Waals surface area contributed by atoms with Crippen molar-refractivity contribution in [2.75, 3.05) is 11.5 Å². The van der Waals surface area contributed by atoms with Gasteiger partial charge in [-0.05, 0) is 31.3 Å². The first-order valence-corrected chi connectivity index (χ1v) is 8.46. The topological polar surface area (TPSA) is 17.1 Å². The summed E-state index contributed by atoms with van der Waals surface area (Å²) < 4.78 is 0. The lowest BCUT2D eigenvalue weighted by molar-refractivity contribution is -0.116. The van der Waals surface area contributed by atoms with Crippen molar-refractivity contribution in [1.29, 1.82) is 0 Å². The van der Waals surface area contributed by atoms with Crippen LogP contribution in [0.4, 0.5) is 0 Å². The Morgan fingerprint density at radius 2 is 1.56 bits per heavy atom. The Kier molecular flexibility index (Phi) is 10.8. The van der Waals surface area contributed by atoms with Gasteiger partial charge in [-0.3, -0.25) is 4.79 Å². The van der Waals surface area contributed by atoms with Crippen LogP contribution in [0.5, 0.6) is 0 Å². The highest BCUT2D eigenvalue weighted by atomic mass is 32.2. The highest BCUT2D eigenvalue weighted by Crippen LogP contribution is 2.26. The van der Waals surface area contributed by atoms with E-state index < -0.39 is 0 Å². The molecule has 0 spiro atoms. The number of carbonyl (C=O) groups excluding carboxylic acids is 1. The molecule has 0 saturated carbocycles. The van der Waals surface area contributed by atoms with Gasteiger partial charge in [-0.25, -0.2) is 0 Å². The summed E-state index contributed by atoms with van der Waals surface area (Å²) >= 11 is 3.80. The molecule has 0 amide bonds. The van der Waals surface area contributed by atoms with E-state index in [4.69, 9.17) is 0 Å². The molecule has 0 N–H and O–H groups in total. The highest BCUT2D eigenvalue weighted by molar-refractivity contribution is 8.04. The summed E-state index contributed by atoms with van der Waals surface area (Å²) in [5, 5.41) is 0.666. The van der Waals surface area contributed by atoms with Crippen molar-refractivity contribution >= 4 is 29.3 Å². The second kappa shape index (κ2) is 10.5. The minimum Gasteiger partial charge on any atom is -0.299 e. The zero-order valence-corrected chi connectivity index (χ0v) is 12.8. The van der Waals surface area contributed by atoms with Gasteiger partial charge in [0.15, 0.2) is 0 Å². The van der Waals surface area contributed by atoms with Crippen LogP contribution in [-0.4, -0.2) is 27.8 Å². The quantitative estimate of drug-likeness (QED) is 0.543. The maximum Gasteiger partial charge on any atom is 0.143 e. The summed E-state index contributed by atoms with van der Waals surface area (Å²) in [5.41, 5.74) is 0. The molecule has 0 bridgehead atoms. The number of unbranched alkanes of at least 4 members (excludes halogenated alkanes) is 2. The van der Waals surface area contributed by atoms with Crippen molar-refractivity contribution < 1.29 is 4.79 Å². The van der Waals surface area contributed by atoms with Crippen LogP contribution in [0.2, 0.25) is 0 Å². The molecule has 0 aromatic rings. The van der Waals surface area contributed by atoms with Gasteiger partial charge >= 0.3 is 0 Å². The SMILES string of the molecule is CCCCSC(C)C(SCCCC)C(C)=O. The fraction of sp³-hybridized carbons (Fsp3) is 0.923. The monoisotopic (exact) mass is 262 g/mol. The number of ketones is 1. The molecule has 2 atom stereocenters. The van der Waals surface area contributed by atoms with Crippen LogP contribution in [0, 0.1) is 0 Å². The predicted octanol–water partition coefficient (Wildman–Crippen LogP) is 4.40. The van der Waals surface area contributed by atoms with Crippen molar-refractivity contribution in [3.63, 3.8) is 0 Å². The van der Waals surface area contributed by atoms with E-state index in [1.807, 2.05) is 23.5 Å². The largest absolute Gasteiger partial charge is 0.299 e. The summed E-state index contributed by atoms with van der Waals surface area (Å²) in [5.74, 6) is 2.66. The molecule has 2 unspecified atom stereocenters. The van der Waals surface area contributed by atoms with E-state index in [0.717, 1.165) is 5.75 Å². The molecule has 0 aromatic carbocycles. The third kappa shape index (κ3) is 7.61. The minimum absolute atomic E-state index is 0.202. The maximum atomic E-state index is 11.6. The molecule has 0 heterocycles. The molecule has 0 rings (SSSR count). The van der Waals surface area contributed by atoms with Crippen molar-refractivity contribution in [3.8, 4) is 0 Å². The number of thioether (sulfide) groups is 2. The smallest absolute Gasteiger partial charge is 0.143 e. The lowest BCUT2D eigenvalue weighted by Gasteiger charge is -2.20. The Balaban J connectivity index is 3.93. The summed E-state index contributed by atoms with van der Waals surface area (Å²) in [6.45, 7) is 8.35. The van der Waals surface area contributed by atoms with E-state index in [1.165, 1.54) is 31.4 Å². The van der Waals surface area contributed by atoms with Crippen molar-refractivity contribution in [1.82, 2.24) is 0 Å². The van der Waals surface area contributed by atoms with Crippen LogP contribution in [-0.2, 0) is 4.79 Å². The molecule has 0 aromatic heterocycles. The van der Waals surface area contributed by atoms with Crippen LogP contribution in [0.15, 0.2) is 0 Å². The Hall–Kier alpha value is 0.370. The lowest BCUT2D eigenvalue weighted by Crippen LogP contribution is -2.25. The molecule has 0 saturated heterocycles. The molecule has 16 heavy (non-hydrogen) atoms. The summed E-state index contributed by atoms with van der Waals surface area (Å²) in [6, 6.07) is 0. The number of rotatable bonds is 10. The summed E-state index contributed by atoms with van der Waals surface area (Å²) in [4.78, 5) is 11.6. The van der Waals surface area contributed by atoms with Crippen molar-refractivity contribution in [3.05, 3.63) is 0 Å². The third-order valence-corrected chi connectivity index (χ3v) is 5.62. The average Bonchev–Trinajstić information content (AvgIpc) is 2.24. The van der Waals surface area contributed by atoms with E-state index in [1.54, 1.807) is 6.92 Å². The van der Waals surface area contributed by atoms with Gasteiger partial charge in [-0.2, -0.15) is 11.8 Å². The zero-order valence-electron chi connectivity index (χ0n) is 11.1. The van der Waals surface area contributed by atoms with E-state index in [2.05, 4.69) is 20.8 Å². The van der Waals surface area contributed by atoms with Crippen molar-refractivity contribution in [2.45, 2.75) is 63.9 Å². The molecule has 0 aliphatic carbocycles. The van der Waals surface area contributed by atoms with E-state index in [0.29, 0.717) is 11.0 Å². The molecule has 1 nitrogen and oxygen atoms in total. The van der Waals surface area contributed by atoms with Crippen LogP contribution >= 0.6 is 23.5 Å². The Morgan fingerprint density at radius 1 is 1.06 bits per heavy atom. The number of Topliss-reactive ketones (excluding diaryl/α,β-unsaturated/α-hetero) is 1. The van der Waals surface area contributed by atoms with Gasteiger partial charge in [-0.15, -0.1) is 11.8 Å². The van der Waals surface area contributed by atoms with Crippen LogP contribution in [0.1, 0.15) is 53.4 Å². The third-order valence-electron chi connectivity index (χ3n) is 2.50. The van der Waals surface area contributed by atoms with Gasteiger partial charge in [0.25, 0.3) is 0 Å². The highest BCUT2D eigenvalue weighted by Gasteiger charge is 2.21. The first kappa shape index (κ1) is 16.4. The van der Waals surface area contributed by atoms with Gasteiger partial charge < -0.3 is 0 Å². The molecule has 96 valence electrons. The van der Waals surface area contributed by atoms with Crippen LogP contribution < -0.4 is 0 Å². The predicted molar refractivity (Wildman–Crippen MR) is 78.7 cm³/mol. The molecular formula is C13H26OS2. The zero-order chi connectivity index (χ0) is 12.4. The molecule has 0 radical (unpaired) electrons. The van der Waals surface area contributed by atoms with Crippen molar-refractivity contribution in [2.24, 2.45) is 0 Å². The Morgan fingerprint density at radius 3 is 2.00 bits per heavy atom. The van der Waals surface area contributed by atoms with Crippen LogP contribution in [0.3, 0.4) is 0 Å². The number of carbonyl (C=O) groups is 1. The molecule has 0 fully saturated rings. The van der Waals surface area contributed by atoms with E-state index in [-0.39, 0.29) is 5.25 Å². The number of hydrogen-bond donors (Lipinski definition) is 0. The normalized spacial score (nSPS) is 14.8. The first-order valence-electron chi connectivity index (χ1n) is 6.37. The number of hydrogen-bond acceptors (Lipinski definition) is 3. The molecular weight excluding hydrogens is 236 g/mol.